The highest BCUT2D eigenvalue weighted by Crippen LogP contribution is 2.40. The number of anilines is 4. The van der Waals surface area contributed by atoms with Crippen LogP contribution in [0.2, 0.25) is 0 Å². The number of aromatic amines is 2. The largest absolute Gasteiger partial charge is 0.444 e. The van der Waals surface area contributed by atoms with Gasteiger partial charge in [-0.15, -0.1) is 20.0 Å². The second-order valence-corrected chi connectivity index (χ2v) is 35.6. The van der Waals surface area contributed by atoms with Crippen LogP contribution in [0.25, 0.3) is 90.9 Å². The number of H-pyrrole nitrogens is 2. The van der Waals surface area contributed by atoms with Crippen LogP contribution in [0.1, 0.15) is 189 Å². The van der Waals surface area contributed by atoms with E-state index < -0.39 is 93.6 Å². The minimum absolute atomic E-state index is 0.280. The fraction of sp³-hybridized carbons (Fsp3) is 0.364. The molecule has 2 aliphatic heterocycles. The molecule has 7 aromatic rings. The Morgan fingerprint density at radius 3 is 0.575 bits per heavy atom. The van der Waals surface area contributed by atoms with Crippen LogP contribution < -0.4 is 42.5 Å². The maximum atomic E-state index is 13.3. The maximum absolute atomic E-state index is 13.3. The summed E-state index contributed by atoms with van der Waals surface area (Å²) in [6.45, 7) is 40.5. The molecule has 32 nitrogen and oxygen atoms in total. The van der Waals surface area contributed by atoms with Gasteiger partial charge in [0.15, 0.2) is 0 Å². The van der Waals surface area contributed by atoms with Gasteiger partial charge in [-0.05, 0) is 286 Å². The zero-order valence-corrected chi connectivity index (χ0v) is 72.1. The molecule has 0 aliphatic carbocycles. The highest BCUT2D eigenvalue weighted by Gasteiger charge is 2.29. The number of hydrogen-bond donors (Lipinski definition) is 10. The Balaban J connectivity index is 1.31. The van der Waals surface area contributed by atoms with Gasteiger partial charge in [-0.25, -0.2) is 48.3 Å². The number of aliphatic imine (C=N–C) groups is 4. The highest BCUT2D eigenvalue weighted by molar-refractivity contribution is 6.10. The molecule has 8 bridgehead atoms. The quantitative estimate of drug-likeness (QED) is 0.0384. The molecule has 5 heterocycles. The molecule has 32 heteroatoms. The lowest BCUT2D eigenvalue weighted by atomic mass is 10.0. The van der Waals surface area contributed by atoms with Gasteiger partial charge in [0.1, 0.15) is 44.8 Å². The van der Waals surface area contributed by atoms with Crippen molar-refractivity contribution in [1.29, 1.82) is 0 Å². The molecular weight excluding hydrogens is 1540 g/mol. The van der Waals surface area contributed by atoms with Crippen molar-refractivity contribution in [3.05, 3.63) is 144 Å². The fourth-order valence-corrected chi connectivity index (χ4v) is 11.3. The minimum Gasteiger partial charge on any atom is -0.444 e. The molecule has 8 amide bonds. The normalized spacial score (nSPS) is 13.1. The molecule has 3 aromatic heterocycles. The molecule has 0 atom stereocenters. The summed E-state index contributed by atoms with van der Waals surface area (Å²) < 4.78 is 44.2. The van der Waals surface area contributed by atoms with Gasteiger partial charge in [0.2, 0.25) is 23.8 Å². The van der Waals surface area contributed by atoms with Gasteiger partial charge in [-0.2, -0.15) is 0 Å². The maximum Gasteiger partial charge on any atom is 0.437 e. The molecule has 0 radical (unpaired) electrons. The minimum atomic E-state index is -0.982. The van der Waals surface area contributed by atoms with E-state index in [2.05, 4.69) is 72.5 Å². The summed E-state index contributed by atoms with van der Waals surface area (Å²) >= 11 is 0. The first-order chi connectivity index (χ1) is 55.6. The lowest BCUT2D eigenvalue weighted by Crippen LogP contribution is -2.40. The monoisotopic (exact) mass is 1640 g/mol. The van der Waals surface area contributed by atoms with Gasteiger partial charge in [0.05, 0.1) is 22.8 Å². The molecule has 0 unspecified atom stereocenters. The average molecular weight is 1640 g/mol. The van der Waals surface area contributed by atoms with E-state index in [-0.39, 0.29) is 23.8 Å². The number of aromatic nitrogens is 4. The van der Waals surface area contributed by atoms with Crippen molar-refractivity contribution in [2.45, 2.75) is 211 Å². The topological polar surface area (TPSA) is 413 Å². The zero-order valence-electron chi connectivity index (χ0n) is 72.1. The molecule has 2 aliphatic rings. The van der Waals surface area contributed by atoms with Gasteiger partial charge in [0.25, 0.3) is 0 Å². The second-order valence-electron chi connectivity index (χ2n) is 35.6. The third kappa shape index (κ3) is 28.3. The van der Waals surface area contributed by atoms with Gasteiger partial charge in [-0.3, -0.25) is 21.3 Å². The number of fused-ring (bicyclic) bond motifs is 8. The summed E-state index contributed by atoms with van der Waals surface area (Å²) in [7, 11) is 0. The van der Waals surface area contributed by atoms with Gasteiger partial charge in [0, 0.05) is 67.1 Å². The number of amides is 8. The lowest BCUT2D eigenvalue weighted by Gasteiger charge is -2.21. The predicted molar refractivity (Wildman–Crippen MR) is 467 cm³/mol. The van der Waals surface area contributed by atoms with E-state index in [0.29, 0.717) is 112 Å². The summed E-state index contributed by atoms with van der Waals surface area (Å²) in [5.41, 5.74) is 3.39. The van der Waals surface area contributed by atoms with Crippen molar-refractivity contribution >= 4 is 142 Å². The van der Waals surface area contributed by atoms with E-state index in [1.54, 1.807) is 215 Å². The number of ether oxygens (including phenoxy) is 8. The number of nitrogens with zero attached hydrogens (tertiary/aromatic N) is 6. The molecule has 9 rings (SSSR count). The molecule has 0 fully saturated rings. The van der Waals surface area contributed by atoms with E-state index in [0.717, 1.165) is 0 Å². The number of benzene rings is 4. The first kappa shape index (κ1) is 90.2. The first-order valence-corrected chi connectivity index (χ1v) is 38.5. The Kier molecular flexibility index (Phi) is 27.1. The van der Waals surface area contributed by atoms with Crippen LogP contribution in [0.15, 0.2) is 141 Å². The molecule has 634 valence electrons. The number of rotatable bonds is 8. The van der Waals surface area contributed by atoms with Gasteiger partial charge < -0.3 is 69.1 Å². The van der Waals surface area contributed by atoms with Crippen LogP contribution in [0.4, 0.5) is 61.1 Å². The highest BCUT2D eigenvalue weighted by atomic mass is 16.6. The molecule has 0 spiro atoms. The Bertz CT molecular complexity index is 4770. The van der Waals surface area contributed by atoms with Crippen molar-refractivity contribution in [3.8, 4) is 44.5 Å². The lowest BCUT2D eigenvalue weighted by molar-refractivity contribution is 0.0545. The van der Waals surface area contributed by atoms with E-state index in [4.69, 9.17) is 47.9 Å². The smallest absolute Gasteiger partial charge is 0.437 e. The van der Waals surface area contributed by atoms with Crippen molar-refractivity contribution in [3.63, 3.8) is 0 Å². The van der Waals surface area contributed by atoms with Crippen LogP contribution in [-0.4, -0.2) is 137 Å². The van der Waals surface area contributed by atoms with Crippen LogP contribution in [0, 0.1) is 0 Å². The summed E-state index contributed by atoms with van der Waals surface area (Å²) in [6.07, 6.45) is 0.0434. The summed E-state index contributed by atoms with van der Waals surface area (Å²) in [5, 5.41) is 22.4. The third-order valence-corrected chi connectivity index (χ3v) is 15.4. The number of nitrogens with one attached hydrogen (secondary N) is 10. The molecule has 4 aromatic carbocycles. The van der Waals surface area contributed by atoms with Crippen molar-refractivity contribution in [1.82, 2.24) is 41.2 Å². The Labute approximate surface area is 696 Å². The number of carbonyl (C=O) groups is 8. The van der Waals surface area contributed by atoms with E-state index in [9.17, 15) is 38.4 Å². The van der Waals surface area contributed by atoms with Crippen molar-refractivity contribution < 1.29 is 76.3 Å². The second kappa shape index (κ2) is 36.0. The van der Waals surface area contributed by atoms with Crippen LogP contribution >= 0.6 is 0 Å². The summed E-state index contributed by atoms with van der Waals surface area (Å²) in [5.74, 6) is -1.12. The number of alkyl carbamates (subject to hydrolysis) is 4. The van der Waals surface area contributed by atoms with E-state index >= 15 is 0 Å². The number of hydrogen-bond acceptors (Lipinski definition) is 18. The first-order valence-electron chi connectivity index (χ1n) is 38.5. The van der Waals surface area contributed by atoms with Crippen molar-refractivity contribution in [2.75, 3.05) is 21.3 Å². The number of guanidine groups is 4. The Morgan fingerprint density at radius 1 is 0.250 bits per heavy atom. The molecule has 120 heavy (non-hydrogen) atoms. The van der Waals surface area contributed by atoms with Crippen LogP contribution in [0.5, 0.6) is 0 Å². The number of carbonyl (C=O) groups excluding carboxylic acids is 8. The van der Waals surface area contributed by atoms with Crippen molar-refractivity contribution in [2.24, 2.45) is 20.0 Å². The summed E-state index contributed by atoms with van der Waals surface area (Å²) in [6, 6.07) is 36.1. The van der Waals surface area contributed by atoms with Crippen LogP contribution in [-0.2, 0) is 37.9 Å². The Hall–Kier alpha value is -13.7. The van der Waals surface area contributed by atoms with E-state index in [1.165, 1.54) is 0 Å². The zero-order chi connectivity index (χ0) is 88.4. The summed E-state index contributed by atoms with van der Waals surface area (Å²) in [4.78, 5) is 141. The van der Waals surface area contributed by atoms with E-state index in [1.807, 2.05) is 97.1 Å². The third-order valence-electron chi connectivity index (χ3n) is 15.4. The average Bonchev–Trinajstić information content (AvgIpc) is 1.61. The van der Waals surface area contributed by atoms with Gasteiger partial charge >= 0.3 is 48.7 Å². The SMILES string of the molecule is CC(C)(C)OC(=O)/N=C(\NC(=O)OC(C)(C)C)Nc1ccc(-c2c3nc(c(-c4ccc(N/C(=N/C(=O)OC(C)(C)C)NC(=O)OC(C)(C)C)cc4)c4ccc([nH]4)c(-c4ccc(N/C(=N/C(=O)OC(C)(C)C)NC(=O)OC(C)(C)C)cc4)c4nc(c(-c5ccc(N/C(=N/C(=O)OC(C)(C)C)NC(=O)OC(C)(C)C)cc5)c5ccc2[nH]5)C=C4)C=C3)cc1. The fourth-order valence-electron chi connectivity index (χ4n) is 11.3. The predicted octanol–water partition coefficient (Wildman–Crippen LogP) is 20.2. The molecule has 10 N–H and O–H groups in total. The van der Waals surface area contributed by atoms with Gasteiger partial charge in [-0.1, -0.05) is 48.5 Å². The molecule has 0 saturated carbocycles. The standard InChI is InChI=1S/C88H106N16O16/c1-81(2,3)113-73(105)97-69(98-74(106)114-82(4,5)6)89-53-33-25-49(26-34-53)65-57-41-43-59(93-57)66(50-27-35-54(36-28-50)90-70(99-75(107)115-83(7,8)9)100-76(108)116-84(10,11)12)61-45-47-63(95-61)68(52-31-39-56(40-32-52)92-72(103-79(111)119-87(19,20)21)104-80(112)120-88(22,23)24)64-48-46-62(96-64)67(60-44-42-58(65)94-60)51-29-37-55(38-30-51)91-71(101-77(109)117-85(13,14)15)102-78(110)118-86(16,17)18/h25-48,93,96H,1-24H3,(H2,89,97,98,105,106)(H2,90,99,100,107,108)(H2,91,101,102,109,110)(H2,92,103,104,111,112). The van der Waals surface area contributed by atoms with Crippen LogP contribution in [0.3, 0.4) is 0 Å². The molecular formula is C88H106N16O16. The molecule has 0 saturated heterocycles. The Morgan fingerprint density at radius 2 is 0.417 bits per heavy atom.